The van der Waals surface area contributed by atoms with Crippen LogP contribution in [-0.2, 0) is 18.3 Å². The summed E-state index contributed by atoms with van der Waals surface area (Å²) in [5.41, 5.74) is 3.90. The maximum Gasteiger partial charge on any atom is 0.254 e. The molecule has 1 aromatic carbocycles. The summed E-state index contributed by atoms with van der Waals surface area (Å²) in [6.45, 7) is 5.36. The van der Waals surface area contributed by atoms with Crippen molar-refractivity contribution < 1.29 is 9.53 Å². The third-order valence-corrected chi connectivity index (χ3v) is 6.26. The van der Waals surface area contributed by atoms with Crippen molar-refractivity contribution in [1.29, 1.82) is 0 Å². The summed E-state index contributed by atoms with van der Waals surface area (Å²) in [6.07, 6.45) is 2.89. The topological polar surface area (TPSA) is 63.5 Å². The quantitative estimate of drug-likeness (QED) is 0.667. The number of likely N-dealkylation sites (tertiary alicyclic amines) is 1. The fraction of sp³-hybridized carbons (Fsp3) is 0.435. The Morgan fingerprint density at radius 2 is 2.00 bits per heavy atom. The largest absolute Gasteiger partial charge is 0.378 e. The van der Waals surface area contributed by atoms with Gasteiger partial charge >= 0.3 is 0 Å². The average Bonchev–Trinajstić information content (AvgIpc) is 3.42. The van der Waals surface area contributed by atoms with Crippen LogP contribution in [0.2, 0.25) is 0 Å². The second kappa shape index (κ2) is 8.16. The predicted molar refractivity (Wildman–Crippen MR) is 114 cm³/mol. The van der Waals surface area contributed by atoms with Crippen molar-refractivity contribution >= 4 is 16.8 Å². The van der Waals surface area contributed by atoms with Crippen LogP contribution in [0.15, 0.2) is 42.6 Å². The van der Waals surface area contributed by atoms with E-state index in [9.17, 15) is 4.79 Å². The molecule has 2 aromatic heterocycles. The van der Waals surface area contributed by atoms with Crippen molar-refractivity contribution in [3.05, 3.63) is 59.5 Å². The minimum Gasteiger partial charge on any atom is -0.378 e. The highest BCUT2D eigenvalue weighted by Crippen LogP contribution is 2.30. The number of rotatable bonds is 4. The molecule has 0 spiro atoms. The van der Waals surface area contributed by atoms with E-state index in [0.717, 1.165) is 48.2 Å². The number of carbonyl (C=O) groups is 1. The normalized spacial score (nSPS) is 20.2. The van der Waals surface area contributed by atoms with Gasteiger partial charge in [-0.3, -0.25) is 19.4 Å². The fourth-order valence-electron chi connectivity index (χ4n) is 4.52. The zero-order valence-corrected chi connectivity index (χ0v) is 17.3. The van der Waals surface area contributed by atoms with Gasteiger partial charge in [-0.25, -0.2) is 0 Å². The van der Waals surface area contributed by atoms with E-state index in [1.165, 1.54) is 5.69 Å². The van der Waals surface area contributed by atoms with E-state index in [-0.39, 0.29) is 5.91 Å². The average molecular weight is 406 g/mol. The van der Waals surface area contributed by atoms with Crippen molar-refractivity contribution in [3.8, 4) is 0 Å². The molecule has 4 heterocycles. The Hall–Kier alpha value is -2.77. The molecule has 0 N–H and O–H groups in total. The predicted octanol–water partition coefficient (Wildman–Crippen LogP) is 2.43. The lowest BCUT2D eigenvalue weighted by molar-refractivity contribution is 0.0304. The first kappa shape index (κ1) is 19.2. The molecule has 2 fully saturated rings. The van der Waals surface area contributed by atoms with Crippen molar-refractivity contribution in [2.24, 2.45) is 7.05 Å². The Labute approximate surface area is 176 Å². The standard InChI is InChI=1S/C23H27N5O2/c1-26-18(6-8-24-26)16-27-9-7-17(15-27)22-14-20(19-4-2-3-5-21(19)25-22)23(29)28-10-12-30-13-11-28/h2-6,8,14,17H,7,9-13,15-16H2,1H3. The highest BCUT2D eigenvalue weighted by atomic mass is 16.5. The molecule has 1 atom stereocenters. The number of aryl methyl sites for hydroxylation is 1. The summed E-state index contributed by atoms with van der Waals surface area (Å²) in [6, 6.07) is 12.1. The van der Waals surface area contributed by atoms with Crippen LogP contribution in [0, 0.1) is 0 Å². The van der Waals surface area contributed by atoms with Gasteiger partial charge in [0, 0.05) is 56.4 Å². The Balaban J connectivity index is 1.42. The Kier molecular flexibility index (Phi) is 5.23. The van der Waals surface area contributed by atoms with Gasteiger partial charge in [0.05, 0.1) is 30.0 Å². The van der Waals surface area contributed by atoms with E-state index in [4.69, 9.17) is 9.72 Å². The van der Waals surface area contributed by atoms with E-state index < -0.39 is 0 Å². The molecular formula is C23H27N5O2. The highest BCUT2D eigenvalue weighted by Gasteiger charge is 2.28. The van der Waals surface area contributed by atoms with Gasteiger partial charge in [0.2, 0.25) is 0 Å². The summed E-state index contributed by atoms with van der Waals surface area (Å²) >= 11 is 0. The van der Waals surface area contributed by atoms with Crippen LogP contribution in [0.1, 0.15) is 34.1 Å². The van der Waals surface area contributed by atoms with Crippen molar-refractivity contribution in [2.45, 2.75) is 18.9 Å². The molecule has 0 aliphatic carbocycles. The number of ether oxygens (including phenoxy) is 1. The molecule has 0 bridgehead atoms. The van der Waals surface area contributed by atoms with Gasteiger partial charge in [-0.05, 0) is 31.2 Å². The molecule has 1 unspecified atom stereocenters. The van der Waals surface area contributed by atoms with Gasteiger partial charge in [0.15, 0.2) is 0 Å². The van der Waals surface area contributed by atoms with Crippen LogP contribution in [-0.4, -0.2) is 69.9 Å². The van der Waals surface area contributed by atoms with Crippen molar-refractivity contribution in [3.63, 3.8) is 0 Å². The number of benzene rings is 1. The lowest BCUT2D eigenvalue weighted by atomic mass is 9.99. The number of fused-ring (bicyclic) bond motifs is 1. The molecule has 0 radical (unpaired) electrons. The first-order valence-corrected chi connectivity index (χ1v) is 10.6. The third-order valence-electron chi connectivity index (χ3n) is 6.26. The lowest BCUT2D eigenvalue weighted by Gasteiger charge is -2.27. The number of para-hydroxylation sites is 1. The van der Waals surface area contributed by atoms with Crippen LogP contribution in [0.4, 0.5) is 0 Å². The minimum atomic E-state index is 0.0860. The zero-order valence-electron chi connectivity index (χ0n) is 17.3. The molecular weight excluding hydrogens is 378 g/mol. The second-order valence-corrected chi connectivity index (χ2v) is 8.18. The van der Waals surface area contributed by atoms with Gasteiger partial charge < -0.3 is 9.64 Å². The molecule has 156 valence electrons. The summed E-state index contributed by atoms with van der Waals surface area (Å²) in [4.78, 5) is 22.6. The van der Waals surface area contributed by atoms with Gasteiger partial charge in [-0.15, -0.1) is 0 Å². The number of morpholine rings is 1. The van der Waals surface area contributed by atoms with E-state index in [0.29, 0.717) is 32.2 Å². The Bertz CT molecular complexity index is 1060. The van der Waals surface area contributed by atoms with Crippen molar-refractivity contribution in [2.75, 3.05) is 39.4 Å². The zero-order chi connectivity index (χ0) is 20.5. The molecule has 7 heteroatoms. The lowest BCUT2D eigenvalue weighted by Crippen LogP contribution is -2.40. The van der Waals surface area contributed by atoms with E-state index in [1.54, 1.807) is 0 Å². The van der Waals surface area contributed by atoms with Gasteiger partial charge in [0.1, 0.15) is 0 Å². The molecule has 5 rings (SSSR count). The summed E-state index contributed by atoms with van der Waals surface area (Å²) in [5.74, 6) is 0.418. The molecule has 0 saturated carbocycles. The SMILES string of the molecule is Cn1nccc1CN1CCC(c2cc(C(=O)N3CCOCC3)c3ccccc3n2)C1. The van der Waals surface area contributed by atoms with Crippen LogP contribution in [0.25, 0.3) is 10.9 Å². The monoisotopic (exact) mass is 405 g/mol. The van der Waals surface area contributed by atoms with Crippen LogP contribution in [0.3, 0.4) is 0 Å². The molecule has 3 aromatic rings. The number of pyridine rings is 1. The summed E-state index contributed by atoms with van der Waals surface area (Å²) in [7, 11) is 1.98. The van der Waals surface area contributed by atoms with E-state index in [2.05, 4.69) is 16.1 Å². The Morgan fingerprint density at radius 1 is 1.17 bits per heavy atom. The van der Waals surface area contributed by atoms with E-state index in [1.807, 2.05) is 53.2 Å². The summed E-state index contributed by atoms with van der Waals surface area (Å²) in [5, 5.41) is 5.20. The Morgan fingerprint density at radius 3 is 2.80 bits per heavy atom. The van der Waals surface area contributed by atoms with Gasteiger partial charge in [-0.2, -0.15) is 5.10 Å². The summed E-state index contributed by atoms with van der Waals surface area (Å²) < 4.78 is 7.35. The van der Waals surface area contributed by atoms with Crippen LogP contribution in [0.5, 0.6) is 0 Å². The molecule has 2 aliphatic heterocycles. The number of aromatic nitrogens is 3. The van der Waals surface area contributed by atoms with Gasteiger partial charge in [0.25, 0.3) is 5.91 Å². The third kappa shape index (κ3) is 3.70. The molecule has 2 aliphatic rings. The number of amides is 1. The molecule has 2 saturated heterocycles. The number of carbonyl (C=O) groups excluding carboxylic acids is 1. The first-order chi connectivity index (χ1) is 14.7. The van der Waals surface area contributed by atoms with Crippen molar-refractivity contribution in [1.82, 2.24) is 24.6 Å². The molecule has 30 heavy (non-hydrogen) atoms. The van der Waals surface area contributed by atoms with Crippen LogP contribution < -0.4 is 0 Å². The first-order valence-electron chi connectivity index (χ1n) is 10.6. The maximum absolute atomic E-state index is 13.3. The number of nitrogens with zero attached hydrogens (tertiary/aromatic N) is 5. The maximum atomic E-state index is 13.3. The number of hydrogen-bond acceptors (Lipinski definition) is 5. The highest BCUT2D eigenvalue weighted by molar-refractivity contribution is 6.06. The minimum absolute atomic E-state index is 0.0860. The van der Waals surface area contributed by atoms with Crippen LogP contribution >= 0.6 is 0 Å². The fourth-order valence-corrected chi connectivity index (χ4v) is 4.52. The molecule has 1 amide bonds. The van der Waals surface area contributed by atoms with Gasteiger partial charge in [-0.1, -0.05) is 18.2 Å². The molecule has 7 nitrogen and oxygen atoms in total. The number of hydrogen-bond donors (Lipinski definition) is 0. The van der Waals surface area contributed by atoms with E-state index >= 15 is 0 Å². The second-order valence-electron chi connectivity index (χ2n) is 8.18. The smallest absolute Gasteiger partial charge is 0.254 e.